The van der Waals surface area contributed by atoms with Crippen molar-refractivity contribution in [1.29, 1.82) is 0 Å². The van der Waals surface area contributed by atoms with Crippen molar-refractivity contribution in [2.75, 3.05) is 25.1 Å². The molecule has 0 atom stereocenters. The molecule has 1 spiro atoms. The van der Waals surface area contributed by atoms with Gasteiger partial charge < -0.3 is 20.1 Å². The van der Waals surface area contributed by atoms with Gasteiger partial charge in [0.1, 0.15) is 5.75 Å². The van der Waals surface area contributed by atoms with Crippen LogP contribution in [0.25, 0.3) is 0 Å². The predicted octanol–water partition coefficient (Wildman–Crippen LogP) is 1.52. The van der Waals surface area contributed by atoms with Gasteiger partial charge in [-0.15, -0.1) is 0 Å². The molecule has 2 amide bonds. The maximum atomic E-state index is 12.8. The molecule has 2 N–H and O–H groups in total. The lowest BCUT2D eigenvalue weighted by Crippen LogP contribution is -2.50. The average Bonchev–Trinajstić information content (AvgIpc) is 3.28. The molecule has 3 rings (SSSR count). The van der Waals surface area contributed by atoms with E-state index in [1.54, 1.807) is 11.0 Å². The van der Waals surface area contributed by atoms with Gasteiger partial charge in [0.25, 0.3) is 5.91 Å². The predicted molar refractivity (Wildman–Crippen MR) is 80.8 cm³/mol. The molecule has 22 heavy (non-hydrogen) atoms. The molecule has 6 nitrogen and oxygen atoms in total. The molecule has 1 aromatic carbocycles. The second-order valence-corrected chi connectivity index (χ2v) is 5.66. The zero-order valence-electron chi connectivity index (χ0n) is 12.2. The lowest BCUT2D eigenvalue weighted by molar-refractivity contribution is -0.111. The minimum atomic E-state index is -0.367. The van der Waals surface area contributed by atoms with Crippen LogP contribution in [0.5, 0.6) is 5.75 Å². The molecule has 0 aromatic heterocycles. The van der Waals surface area contributed by atoms with E-state index in [0.717, 1.165) is 18.9 Å². The Morgan fingerprint density at radius 3 is 2.86 bits per heavy atom. The van der Waals surface area contributed by atoms with Crippen molar-refractivity contribution < 1.29 is 19.4 Å². The van der Waals surface area contributed by atoms with Gasteiger partial charge in [-0.05, 0) is 37.1 Å². The molecule has 0 radical (unpaired) electrons. The molecule has 2 aliphatic rings. The number of carbonyl (C=O) groups excluding carboxylic acids is 2. The van der Waals surface area contributed by atoms with Crippen molar-refractivity contribution in [3.63, 3.8) is 0 Å². The maximum Gasteiger partial charge on any atom is 0.258 e. The Morgan fingerprint density at radius 1 is 1.41 bits per heavy atom. The largest absolute Gasteiger partial charge is 0.507 e. The lowest BCUT2D eigenvalue weighted by atomic mass is 10.1. The molecule has 6 heteroatoms. The van der Waals surface area contributed by atoms with Gasteiger partial charge in [-0.25, -0.2) is 0 Å². The Hall–Kier alpha value is -2.34. The fourth-order valence-electron chi connectivity index (χ4n) is 2.73. The highest BCUT2D eigenvalue weighted by atomic mass is 16.5. The number of hydrogen-bond donors (Lipinski definition) is 2. The van der Waals surface area contributed by atoms with E-state index in [1.807, 2.05) is 0 Å². The summed E-state index contributed by atoms with van der Waals surface area (Å²) in [5.41, 5.74) is 0.432. The number of phenolic OH excluding ortho intramolecular Hbond substituents is 1. The van der Waals surface area contributed by atoms with Crippen LogP contribution in [0.3, 0.4) is 0 Å². The summed E-state index contributed by atoms with van der Waals surface area (Å²) in [5, 5.41) is 12.6. The summed E-state index contributed by atoms with van der Waals surface area (Å²) >= 11 is 0. The van der Waals surface area contributed by atoms with Crippen LogP contribution in [-0.2, 0) is 9.53 Å². The van der Waals surface area contributed by atoms with Crippen molar-refractivity contribution in [3.05, 3.63) is 36.4 Å². The van der Waals surface area contributed by atoms with Crippen LogP contribution in [0.2, 0.25) is 0 Å². The van der Waals surface area contributed by atoms with E-state index in [-0.39, 0.29) is 28.7 Å². The third-order valence-electron chi connectivity index (χ3n) is 4.15. The Labute approximate surface area is 128 Å². The van der Waals surface area contributed by atoms with Crippen LogP contribution in [0.15, 0.2) is 30.9 Å². The number of amides is 2. The summed E-state index contributed by atoms with van der Waals surface area (Å²) in [4.78, 5) is 25.9. The summed E-state index contributed by atoms with van der Waals surface area (Å²) in [6.07, 6.45) is 2.99. The fraction of sp³-hybridized carbons (Fsp3) is 0.375. The number of benzene rings is 1. The first-order valence-electron chi connectivity index (χ1n) is 7.22. The molecule has 116 valence electrons. The van der Waals surface area contributed by atoms with Gasteiger partial charge in [-0.3, -0.25) is 9.59 Å². The third-order valence-corrected chi connectivity index (χ3v) is 4.15. The highest BCUT2D eigenvalue weighted by Gasteiger charge is 2.52. The van der Waals surface area contributed by atoms with Crippen LogP contribution in [-0.4, -0.2) is 47.1 Å². The van der Waals surface area contributed by atoms with Crippen LogP contribution < -0.4 is 5.32 Å². The van der Waals surface area contributed by atoms with E-state index in [4.69, 9.17) is 4.74 Å². The summed E-state index contributed by atoms with van der Waals surface area (Å²) < 4.78 is 5.46. The van der Waals surface area contributed by atoms with Crippen LogP contribution >= 0.6 is 0 Å². The summed E-state index contributed by atoms with van der Waals surface area (Å²) in [7, 11) is 0. The Bertz CT molecular complexity index is 637. The molecule has 0 unspecified atom stereocenters. The minimum absolute atomic E-state index is 0.0936. The molecule has 1 saturated carbocycles. The molecule has 1 aromatic rings. The Morgan fingerprint density at radius 2 is 2.18 bits per heavy atom. The van der Waals surface area contributed by atoms with Gasteiger partial charge in [0.05, 0.1) is 24.3 Å². The van der Waals surface area contributed by atoms with Crippen LogP contribution in [0.1, 0.15) is 23.2 Å². The summed E-state index contributed by atoms with van der Waals surface area (Å²) in [5.74, 6) is -0.689. The van der Waals surface area contributed by atoms with Gasteiger partial charge in [0.15, 0.2) is 0 Å². The number of nitrogens with one attached hydrogen (secondary N) is 1. The normalized spacial score (nSPS) is 18.8. The first kappa shape index (κ1) is 14.6. The molecule has 1 heterocycles. The summed E-state index contributed by atoms with van der Waals surface area (Å²) in [6, 6.07) is 4.44. The molecule has 0 bridgehead atoms. The maximum absolute atomic E-state index is 12.8. The van der Waals surface area contributed by atoms with E-state index in [1.165, 1.54) is 12.1 Å². The SMILES string of the molecule is C=CC(=O)Nc1ccc(O)c(C(=O)N2CCOCC23CC3)c1. The smallest absolute Gasteiger partial charge is 0.258 e. The number of phenols is 1. The number of nitrogens with zero attached hydrogens (tertiary/aromatic N) is 1. The number of carbonyl (C=O) groups is 2. The topological polar surface area (TPSA) is 78.9 Å². The lowest BCUT2D eigenvalue weighted by Gasteiger charge is -2.36. The first-order chi connectivity index (χ1) is 10.6. The molecular formula is C16H18N2O4. The number of ether oxygens (including phenoxy) is 1. The minimum Gasteiger partial charge on any atom is -0.507 e. The standard InChI is InChI=1S/C16H18N2O4/c1-2-14(20)17-11-3-4-13(19)12(9-11)15(21)18-7-8-22-10-16(18)5-6-16/h2-4,9,19H,1,5-8,10H2,(H,17,20). The quantitative estimate of drug-likeness (QED) is 0.655. The van der Waals surface area contributed by atoms with Gasteiger partial charge >= 0.3 is 0 Å². The average molecular weight is 302 g/mol. The van der Waals surface area contributed by atoms with Gasteiger partial charge in [-0.1, -0.05) is 6.58 Å². The Balaban J connectivity index is 1.86. The van der Waals surface area contributed by atoms with Gasteiger partial charge in [0, 0.05) is 12.2 Å². The van der Waals surface area contributed by atoms with E-state index < -0.39 is 0 Å². The number of morpholine rings is 1. The highest BCUT2D eigenvalue weighted by Crippen LogP contribution is 2.44. The molecule has 1 aliphatic carbocycles. The number of rotatable bonds is 3. The molecular weight excluding hydrogens is 284 g/mol. The van der Waals surface area contributed by atoms with Crippen molar-refractivity contribution >= 4 is 17.5 Å². The zero-order chi connectivity index (χ0) is 15.7. The van der Waals surface area contributed by atoms with E-state index in [0.29, 0.717) is 25.4 Å². The molecule has 1 aliphatic heterocycles. The van der Waals surface area contributed by atoms with E-state index >= 15 is 0 Å². The first-order valence-corrected chi connectivity index (χ1v) is 7.22. The molecule has 2 fully saturated rings. The number of aromatic hydroxyl groups is 1. The molecule has 1 saturated heterocycles. The zero-order valence-corrected chi connectivity index (χ0v) is 12.2. The van der Waals surface area contributed by atoms with Crippen molar-refractivity contribution in [2.24, 2.45) is 0 Å². The van der Waals surface area contributed by atoms with Gasteiger partial charge in [0.2, 0.25) is 5.91 Å². The number of hydrogen-bond acceptors (Lipinski definition) is 4. The highest BCUT2D eigenvalue weighted by molar-refractivity contribution is 6.02. The fourth-order valence-corrected chi connectivity index (χ4v) is 2.73. The van der Waals surface area contributed by atoms with Crippen LogP contribution in [0.4, 0.5) is 5.69 Å². The monoisotopic (exact) mass is 302 g/mol. The van der Waals surface area contributed by atoms with Crippen molar-refractivity contribution in [3.8, 4) is 5.75 Å². The Kier molecular flexibility index (Phi) is 3.62. The van der Waals surface area contributed by atoms with Crippen molar-refractivity contribution in [1.82, 2.24) is 4.90 Å². The van der Waals surface area contributed by atoms with Gasteiger partial charge in [-0.2, -0.15) is 0 Å². The second kappa shape index (κ2) is 5.46. The second-order valence-electron chi connectivity index (χ2n) is 5.66. The van der Waals surface area contributed by atoms with Crippen molar-refractivity contribution in [2.45, 2.75) is 18.4 Å². The summed E-state index contributed by atoms with van der Waals surface area (Å²) in [6.45, 7) is 4.95. The number of anilines is 1. The van der Waals surface area contributed by atoms with Crippen LogP contribution in [0, 0.1) is 0 Å². The van der Waals surface area contributed by atoms with E-state index in [2.05, 4.69) is 11.9 Å². The van der Waals surface area contributed by atoms with E-state index in [9.17, 15) is 14.7 Å². The third kappa shape index (κ3) is 2.57.